The van der Waals surface area contributed by atoms with Crippen molar-refractivity contribution < 1.29 is 14.3 Å². The topological polar surface area (TPSA) is 56.3 Å². The number of hydrogen-bond acceptors (Lipinski definition) is 4. The number of ether oxygens (including phenoxy) is 1. The maximum Gasteiger partial charge on any atom is 0.338 e. The van der Waals surface area contributed by atoms with Gasteiger partial charge in [0.1, 0.15) is 5.15 Å². The standard InChI is InChI=1S/C19H14ClNO3/c1-12(18(22)13-5-3-2-4-6-13)24-19(23)15-7-9-16-14(11-15)8-10-17(20)21-16/h2-12H,1H3. The number of halogens is 1. The lowest BCUT2D eigenvalue weighted by Gasteiger charge is -2.12. The van der Waals surface area contributed by atoms with Crippen LogP contribution < -0.4 is 0 Å². The molecule has 0 fully saturated rings. The molecule has 0 saturated carbocycles. The molecule has 1 atom stereocenters. The molecule has 0 N–H and O–H groups in total. The number of ketones is 1. The number of aromatic nitrogens is 1. The summed E-state index contributed by atoms with van der Waals surface area (Å²) >= 11 is 5.84. The molecule has 0 aliphatic heterocycles. The highest BCUT2D eigenvalue weighted by Crippen LogP contribution is 2.18. The van der Waals surface area contributed by atoms with Crippen LogP contribution in [-0.4, -0.2) is 22.8 Å². The van der Waals surface area contributed by atoms with Crippen LogP contribution in [0.1, 0.15) is 27.6 Å². The van der Waals surface area contributed by atoms with Gasteiger partial charge in [0.15, 0.2) is 6.10 Å². The van der Waals surface area contributed by atoms with E-state index >= 15 is 0 Å². The van der Waals surface area contributed by atoms with E-state index in [0.717, 1.165) is 5.39 Å². The molecule has 0 aliphatic carbocycles. The van der Waals surface area contributed by atoms with Crippen LogP contribution in [0.15, 0.2) is 60.7 Å². The number of benzene rings is 2. The molecular formula is C19H14ClNO3. The fraction of sp³-hybridized carbons (Fsp3) is 0.105. The molecule has 120 valence electrons. The van der Waals surface area contributed by atoms with Gasteiger partial charge in [0.25, 0.3) is 0 Å². The molecule has 2 aromatic carbocycles. The Kier molecular flexibility index (Phi) is 4.58. The van der Waals surface area contributed by atoms with E-state index in [1.54, 1.807) is 61.5 Å². The molecule has 4 nitrogen and oxygen atoms in total. The normalized spacial score (nSPS) is 11.9. The molecule has 0 bridgehead atoms. The van der Waals surface area contributed by atoms with Gasteiger partial charge in [-0.15, -0.1) is 0 Å². The highest BCUT2D eigenvalue weighted by atomic mass is 35.5. The molecule has 1 aromatic heterocycles. The van der Waals surface area contributed by atoms with Crippen LogP contribution >= 0.6 is 11.6 Å². The van der Waals surface area contributed by atoms with E-state index in [0.29, 0.717) is 21.8 Å². The fourth-order valence-electron chi connectivity index (χ4n) is 2.35. The van der Waals surface area contributed by atoms with Crippen molar-refractivity contribution in [1.82, 2.24) is 4.98 Å². The summed E-state index contributed by atoms with van der Waals surface area (Å²) in [6, 6.07) is 17.1. The van der Waals surface area contributed by atoms with Crippen molar-refractivity contribution in [3.8, 4) is 0 Å². The number of rotatable bonds is 4. The third kappa shape index (κ3) is 3.44. The van der Waals surface area contributed by atoms with Crippen LogP contribution in [0.5, 0.6) is 0 Å². The molecule has 0 aliphatic rings. The SMILES string of the molecule is CC(OC(=O)c1ccc2nc(Cl)ccc2c1)C(=O)c1ccccc1. The molecule has 3 rings (SSSR count). The summed E-state index contributed by atoms with van der Waals surface area (Å²) in [6.45, 7) is 1.57. The minimum Gasteiger partial charge on any atom is -0.451 e. The van der Waals surface area contributed by atoms with Crippen LogP contribution in [0, 0.1) is 0 Å². The minimum absolute atomic E-state index is 0.238. The largest absolute Gasteiger partial charge is 0.451 e. The van der Waals surface area contributed by atoms with E-state index in [1.807, 2.05) is 6.07 Å². The Morgan fingerprint density at radius 2 is 1.75 bits per heavy atom. The van der Waals surface area contributed by atoms with Crippen LogP contribution in [0.4, 0.5) is 0 Å². The second kappa shape index (κ2) is 6.81. The van der Waals surface area contributed by atoms with Gasteiger partial charge in [-0.3, -0.25) is 4.79 Å². The summed E-state index contributed by atoms with van der Waals surface area (Å²) in [5.74, 6) is -0.790. The first kappa shape index (κ1) is 16.1. The number of carbonyl (C=O) groups excluding carboxylic acids is 2. The number of esters is 1. The average Bonchev–Trinajstić information content (AvgIpc) is 2.61. The minimum atomic E-state index is -0.862. The van der Waals surface area contributed by atoms with Crippen LogP contribution in [-0.2, 0) is 4.74 Å². The molecule has 1 heterocycles. The van der Waals surface area contributed by atoms with E-state index in [-0.39, 0.29) is 5.78 Å². The monoisotopic (exact) mass is 339 g/mol. The van der Waals surface area contributed by atoms with Gasteiger partial charge >= 0.3 is 5.97 Å². The predicted octanol–water partition coefficient (Wildman–Crippen LogP) is 4.32. The lowest BCUT2D eigenvalue weighted by molar-refractivity contribution is 0.0319. The zero-order chi connectivity index (χ0) is 17.1. The van der Waals surface area contributed by atoms with Crippen molar-refractivity contribution in [2.45, 2.75) is 13.0 Å². The highest BCUT2D eigenvalue weighted by molar-refractivity contribution is 6.29. The smallest absolute Gasteiger partial charge is 0.338 e. The number of hydrogen-bond donors (Lipinski definition) is 0. The van der Waals surface area contributed by atoms with Crippen molar-refractivity contribution in [3.05, 3.63) is 76.9 Å². The summed E-state index contributed by atoms with van der Waals surface area (Å²) in [5.41, 5.74) is 1.56. The number of nitrogens with zero attached hydrogens (tertiary/aromatic N) is 1. The maximum absolute atomic E-state index is 12.3. The van der Waals surface area contributed by atoms with Crippen molar-refractivity contribution in [1.29, 1.82) is 0 Å². The molecule has 0 spiro atoms. The van der Waals surface area contributed by atoms with Gasteiger partial charge in [0, 0.05) is 10.9 Å². The number of fused-ring (bicyclic) bond motifs is 1. The summed E-state index contributed by atoms with van der Waals surface area (Å²) < 4.78 is 5.29. The molecule has 0 amide bonds. The Balaban J connectivity index is 1.77. The quantitative estimate of drug-likeness (QED) is 0.403. The van der Waals surface area contributed by atoms with E-state index in [9.17, 15) is 9.59 Å². The van der Waals surface area contributed by atoms with Crippen LogP contribution in [0.3, 0.4) is 0 Å². The third-order valence-electron chi connectivity index (χ3n) is 3.60. The van der Waals surface area contributed by atoms with Gasteiger partial charge < -0.3 is 4.74 Å². The zero-order valence-electron chi connectivity index (χ0n) is 12.9. The van der Waals surface area contributed by atoms with Crippen molar-refractivity contribution in [3.63, 3.8) is 0 Å². The van der Waals surface area contributed by atoms with Gasteiger partial charge in [-0.2, -0.15) is 0 Å². The Morgan fingerprint density at radius 3 is 2.50 bits per heavy atom. The van der Waals surface area contributed by atoms with E-state index < -0.39 is 12.1 Å². The lowest BCUT2D eigenvalue weighted by Crippen LogP contribution is -2.24. The van der Waals surface area contributed by atoms with Gasteiger partial charge in [0.2, 0.25) is 5.78 Å². The van der Waals surface area contributed by atoms with Crippen molar-refractivity contribution in [2.24, 2.45) is 0 Å². The second-order valence-corrected chi connectivity index (χ2v) is 5.71. The lowest BCUT2D eigenvalue weighted by atomic mass is 10.1. The van der Waals surface area contributed by atoms with Crippen molar-refractivity contribution >= 4 is 34.3 Å². The molecule has 0 saturated heterocycles. The first-order valence-electron chi connectivity index (χ1n) is 7.41. The summed E-state index contributed by atoms with van der Waals surface area (Å²) in [5, 5.41) is 1.16. The van der Waals surface area contributed by atoms with Crippen molar-refractivity contribution in [2.75, 3.05) is 0 Å². The summed E-state index contributed by atoms with van der Waals surface area (Å²) in [7, 11) is 0. The first-order valence-corrected chi connectivity index (χ1v) is 7.79. The van der Waals surface area contributed by atoms with Gasteiger partial charge in [-0.05, 0) is 37.3 Å². The Bertz CT molecular complexity index is 909. The number of carbonyl (C=O) groups is 2. The first-order chi connectivity index (χ1) is 11.5. The molecule has 1 unspecified atom stereocenters. The molecule has 0 radical (unpaired) electrons. The summed E-state index contributed by atoms with van der Waals surface area (Å²) in [6.07, 6.45) is -0.862. The molecule has 3 aromatic rings. The van der Waals surface area contributed by atoms with Gasteiger partial charge in [0.05, 0.1) is 11.1 Å². The predicted molar refractivity (Wildman–Crippen MR) is 92.4 cm³/mol. The van der Waals surface area contributed by atoms with E-state index in [2.05, 4.69) is 4.98 Å². The average molecular weight is 340 g/mol. The Labute approximate surface area is 144 Å². The highest BCUT2D eigenvalue weighted by Gasteiger charge is 2.20. The fourth-order valence-corrected chi connectivity index (χ4v) is 2.50. The summed E-state index contributed by atoms with van der Waals surface area (Å²) in [4.78, 5) is 28.7. The maximum atomic E-state index is 12.3. The Hall–Kier alpha value is -2.72. The van der Waals surface area contributed by atoms with Crippen LogP contribution in [0.25, 0.3) is 10.9 Å². The molecule has 5 heteroatoms. The van der Waals surface area contributed by atoms with Crippen LogP contribution in [0.2, 0.25) is 5.15 Å². The van der Waals surface area contributed by atoms with Gasteiger partial charge in [-0.1, -0.05) is 41.9 Å². The molecular weight excluding hydrogens is 326 g/mol. The van der Waals surface area contributed by atoms with E-state index in [1.165, 1.54) is 0 Å². The number of pyridine rings is 1. The molecule has 24 heavy (non-hydrogen) atoms. The third-order valence-corrected chi connectivity index (χ3v) is 3.81. The van der Waals surface area contributed by atoms with Gasteiger partial charge in [-0.25, -0.2) is 9.78 Å². The second-order valence-electron chi connectivity index (χ2n) is 5.32. The zero-order valence-corrected chi connectivity index (χ0v) is 13.7. The van der Waals surface area contributed by atoms with E-state index in [4.69, 9.17) is 16.3 Å². The Morgan fingerprint density at radius 1 is 1.00 bits per heavy atom. The number of Topliss-reactive ketones (excluding diaryl/α,β-unsaturated/α-hetero) is 1.